The second-order valence-electron chi connectivity index (χ2n) is 4.63. The van der Waals surface area contributed by atoms with Crippen LogP contribution in [0.1, 0.15) is 5.56 Å². The van der Waals surface area contributed by atoms with E-state index in [1.807, 2.05) is 4.90 Å². The van der Waals surface area contributed by atoms with Gasteiger partial charge in [-0.05, 0) is 11.6 Å². The predicted molar refractivity (Wildman–Crippen MR) is 70.8 cm³/mol. The van der Waals surface area contributed by atoms with Crippen molar-refractivity contribution in [2.45, 2.75) is 12.5 Å². The van der Waals surface area contributed by atoms with Gasteiger partial charge in [0.05, 0.1) is 5.69 Å². The van der Waals surface area contributed by atoms with Crippen LogP contribution in [-0.4, -0.2) is 43.3 Å². The number of carboxylic acid groups (broad SMARTS) is 1. The van der Waals surface area contributed by atoms with E-state index in [0.717, 1.165) is 13.1 Å². The molecule has 1 unspecified atom stereocenters. The average molecular weight is 267 g/mol. The summed E-state index contributed by atoms with van der Waals surface area (Å²) in [6.07, 6.45) is 0.131. The van der Waals surface area contributed by atoms with E-state index in [4.69, 9.17) is 10.8 Å². The maximum absolute atomic E-state index is 14.0. The lowest BCUT2D eigenvalue weighted by atomic mass is 10.0. The van der Waals surface area contributed by atoms with Crippen LogP contribution in [0.15, 0.2) is 18.2 Å². The molecule has 1 aromatic rings. The number of para-hydroxylation sites is 1. The number of anilines is 1. The van der Waals surface area contributed by atoms with Gasteiger partial charge in [-0.1, -0.05) is 12.1 Å². The van der Waals surface area contributed by atoms with Crippen molar-refractivity contribution in [1.29, 1.82) is 0 Å². The van der Waals surface area contributed by atoms with Gasteiger partial charge in [-0.15, -0.1) is 0 Å². The minimum absolute atomic E-state index is 0.131. The summed E-state index contributed by atoms with van der Waals surface area (Å²) in [4.78, 5) is 12.8. The molecule has 2 rings (SSSR count). The van der Waals surface area contributed by atoms with Crippen LogP contribution in [-0.2, 0) is 11.2 Å². The van der Waals surface area contributed by atoms with Crippen LogP contribution in [0.3, 0.4) is 0 Å². The normalized spacial score (nSPS) is 17.3. The van der Waals surface area contributed by atoms with Gasteiger partial charge in [0.2, 0.25) is 0 Å². The molecule has 5 nitrogen and oxygen atoms in total. The van der Waals surface area contributed by atoms with Gasteiger partial charge in [0.1, 0.15) is 11.9 Å². The third-order valence-electron chi connectivity index (χ3n) is 3.26. The SMILES string of the molecule is NC(Cc1cccc(F)c1N1CCNCC1)C(=O)O. The lowest BCUT2D eigenvalue weighted by Gasteiger charge is -2.31. The minimum Gasteiger partial charge on any atom is -0.480 e. The number of benzene rings is 1. The predicted octanol–water partition coefficient (Wildman–Crippen LogP) is 0.190. The van der Waals surface area contributed by atoms with Gasteiger partial charge in [0.25, 0.3) is 0 Å². The van der Waals surface area contributed by atoms with Crippen molar-refractivity contribution in [3.8, 4) is 0 Å². The lowest BCUT2D eigenvalue weighted by Crippen LogP contribution is -2.44. The zero-order chi connectivity index (χ0) is 13.8. The molecule has 0 aromatic heterocycles. The molecular formula is C13H18FN3O2. The standard InChI is InChI=1S/C13H18FN3O2/c14-10-3-1-2-9(8-11(15)13(18)19)12(10)17-6-4-16-5-7-17/h1-3,11,16H,4-8,15H2,(H,18,19). The molecule has 1 aliphatic rings. The van der Waals surface area contributed by atoms with Gasteiger partial charge in [-0.3, -0.25) is 4.79 Å². The Morgan fingerprint density at radius 1 is 1.47 bits per heavy atom. The summed E-state index contributed by atoms with van der Waals surface area (Å²) in [6, 6.07) is 3.71. The summed E-state index contributed by atoms with van der Waals surface area (Å²) >= 11 is 0. The molecule has 104 valence electrons. The summed E-state index contributed by atoms with van der Waals surface area (Å²) < 4.78 is 14.0. The molecule has 0 amide bonds. The topological polar surface area (TPSA) is 78.6 Å². The maximum atomic E-state index is 14.0. The number of carbonyl (C=O) groups is 1. The Morgan fingerprint density at radius 2 is 2.16 bits per heavy atom. The Kier molecular flexibility index (Phi) is 4.34. The fraction of sp³-hybridized carbons (Fsp3) is 0.462. The first kappa shape index (κ1) is 13.8. The van der Waals surface area contributed by atoms with Gasteiger partial charge >= 0.3 is 5.97 Å². The number of halogens is 1. The van der Waals surface area contributed by atoms with E-state index in [1.165, 1.54) is 6.07 Å². The van der Waals surface area contributed by atoms with E-state index in [-0.39, 0.29) is 12.2 Å². The molecule has 0 saturated carbocycles. The summed E-state index contributed by atoms with van der Waals surface area (Å²) in [5.41, 5.74) is 6.68. The molecule has 1 saturated heterocycles. The molecule has 0 spiro atoms. The number of hydrogen-bond donors (Lipinski definition) is 3. The third kappa shape index (κ3) is 3.21. The number of carboxylic acids is 1. The highest BCUT2D eigenvalue weighted by Crippen LogP contribution is 2.25. The molecule has 0 aliphatic carbocycles. The molecule has 1 aromatic carbocycles. The van der Waals surface area contributed by atoms with E-state index in [9.17, 15) is 9.18 Å². The number of piperazine rings is 1. The lowest BCUT2D eigenvalue weighted by molar-refractivity contribution is -0.138. The second kappa shape index (κ2) is 5.99. The second-order valence-corrected chi connectivity index (χ2v) is 4.63. The van der Waals surface area contributed by atoms with Crippen LogP contribution in [0.4, 0.5) is 10.1 Å². The fourth-order valence-electron chi connectivity index (χ4n) is 2.29. The van der Waals surface area contributed by atoms with E-state index in [1.54, 1.807) is 12.1 Å². The first-order valence-corrected chi connectivity index (χ1v) is 6.31. The molecule has 19 heavy (non-hydrogen) atoms. The molecule has 4 N–H and O–H groups in total. The van der Waals surface area contributed by atoms with Crippen molar-refractivity contribution in [2.75, 3.05) is 31.1 Å². The van der Waals surface area contributed by atoms with Crippen molar-refractivity contribution < 1.29 is 14.3 Å². The summed E-state index contributed by atoms with van der Waals surface area (Å²) in [5.74, 6) is -1.40. The first-order chi connectivity index (χ1) is 9.09. The average Bonchev–Trinajstić information content (AvgIpc) is 2.39. The van der Waals surface area contributed by atoms with E-state index < -0.39 is 12.0 Å². The first-order valence-electron chi connectivity index (χ1n) is 6.31. The zero-order valence-electron chi connectivity index (χ0n) is 10.6. The highest BCUT2D eigenvalue weighted by molar-refractivity contribution is 5.74. The van der Waals surface area contributed by atoms with Crippen molar-refractivity contribution in [2.24, 2.45) is 5.73 Å². The Bertz CT molecular complexity index is 461. The Hall–Kier alpha value is -1.66. The van der Waals surface area contributed by atoms with Crippen molar-refractivity contribution in [3.05, 3.63) is 29.6 Å². The molecule has 1 aliphatic heterocycles. The van der Waals surface area contributed by atoms with Crippen LogP contribution in [0.25, 0.3) is 0 Å². The van der Waals surface area contributed by atoms with Crippen LogP contribution >= 0.6 is 0 Å². The molecule has 1 fully saturated rings. The van der Waals surface area contributed by atoms with Crippen LogP contribution in [0, 0.1) is 5.82 Å². The van der Waals surface area contributed by atoms with Gasteiger partial charge in [-0.25, -0.2) is 4.39 Å². The Balaban J connectivity index is 2.27. The Labute approximate surface area is 111 Å². The van der Waals surface area contributed by atoms with Crippen LogP contribution in [0.5, 0.6) is 0 Å². The summed E-state index contributed by atoms with van der Waals surface area (Å²) in [6.45, 7) is 2.99. The molecule has 6 heteroatoms. The quantitative estimate of drug-likeness (QED) is 0.726. The highest BCUT2D eigenvalue weighted by atomic mass is 19.1. The fourth-order valence-corrected chi connectivity index (χ4v) is 2.29. The van der Waals surface area contributed by atoms with Crippen LogP contribution in [0.2, 0.25) is 0 Å². The Morgan fingerprint density at radius 3 is 2.79 bits per heavy atom. The molecule has 1 heterocycles. The van der Waals surface area contributed by atoms with E-state index in [0.29, 0.717) is 24.3 Å². The van der Waals surface area contributed by atoms with Crippen molar-refractivity contribution >= 4 is 11.7 Å². The van der Waals surface area contributed by atoms with Gasteiger partial charge < -0.3 is 21.1 Å². The molecule has 0 bridgehead atoms. The number of nitrogens with zero attached hydrogens (tertiary/aromatic N) is 1. The van der Waals surface area contributed by atoms with Gasteiger partial charge in [0, 0.05) is 32.6 Å². The van der Waals surface area contributed by atoms with Crippen LogP contribution < -0.4 is 16.0 Å². The van der Waals surface area contributed by atoms with Crippen molar-refractivity contribution in [3.63, 3.8) is 0 Å². The number of rotatable bonds is 4. The van der Waals surface area contributed by atoms with Gasteiger partial charge in [-0.2, -0.15) is 0 Å². The minimum atomic E-state index is -1.07. The maximum Gasteiger partial charge on any atom is 0.320 e. The number of nitrogens with two attached hydrogens (primary N) is 1. The number of hydrogen-bond acceptors (Lipinski definition) is 4. The number of aliphatic carboxylic acids is 1. The van der Waals surface area contributed by atoms with Crippen molar-refractivity contribution in [1.82, 2.24) is 5.32 Å². The third-order valence-corrected chi connectivity index (χ3v) is 3.26. The monoisotopic (exact) mass is 267 g/mol. The molecule has 0 radical (unpaired) electrons. The summed E-state index contributed by atoms with van der Waals surface area (Å²) in [5, 5.41) is 12.1. The number of nitrogens with one attached hydrogen (secondary N) is 1. The highest BCUT2D eigenvalue weighted by Gasteiger charge is 2.21. The summed E-state index contributed by atoms with van der Waals surface area (Å²) in [7, 11) is 0. The van der Waals surface area contributed by atoms with E-state index in [2.05, 4.69) is 5.32 Å². The zero-order valence-corrected chi connectivity index (χ0v) is 10.6. The van der Waals surface area contributed by atoms with E-state index >= 15 is 0 Å². The van der Waals surface area contributed by atoms with Gasteiger partial charge in [0.15, 0.2) is 0 Å². The largest absolute Gasteiger partial charge is 0.480 e. The molecule has 1 atom stereocenters. The molecular weight excluding hydrogens is 249 g/mol. The smallest absolute Gasteiger partial charge is 0.320 e.